The molecule has 1 aromatic rings. The molecule has 0 bridgehead atoms. The zero-order chi connectivity index (χ0) is 13.0. The number of benzene rings is 1. The van der Waals surface area contributed by atoms with Gasteiger partial charge in [-0.05, 0) is 37.5 Å². The molecule has 0 aromatic heterocycles. The van der Waals surface area contributed by atoms with Gasteiger partial charge in [0.1, 0.15) is 0 Å². The molecule has 0 unspecified atom stereocenters. The van der Waals surface area contributed by atoms with Gasteiger partial charge in [-0.25, -0.2) is 0 Å². The van der Waals surface area contributed by atoms with E-state index in [2.05, 4.69) is 46.0 Å². The Hall–Kier alpha value is -0.250. The van der Waals surface area contributed by atoms with Crippen molar-refractivity contribution in [3.8, 4) is 0 Å². The van der Waals surface area contributed by atoms with Crippen molar-refractivity contribution >= 4 is 33.2 Å². The van der Waals surface area contributed by atoms with Crippen molar-refractivity contribution in [3.63, 3.8) is 0 Å². The molecule has 0 N–H and O–H groups in total. The van der Waals surface area contributed by atoms with E-state index in [9.17, 15) is 0 Å². The van der Waals surface area contributed by atoms with Crippen LogP contribution in [-0.4, -0.2) is 25.8 Å². The fraction of sp³-hybridized carbons (Fsp3) is 0.571. The third-order valence-electron chi connectivity index (χ3n) is 3.39. The molecule has 0 aliphatic carbocycles. The van der Waals surface area contributed by atoms with Crippen LogP contribution in [0.1, 0.15) is 25.3 Å². The maximum Gasteiger partial charge on any atom is 0.0608 e. The Labute approximate surface area is 122 Å². The SMILES string of the molecule is CCOC1CCN(c2ccc(CBr)c(Cl)c2)CC1. The number of piperidine rings is 1. The standard InChI is InChI=1S/C14H19BrClNO/c1-2-18-13-5-7-17(8-6-13)12-4-3-11(10-15)14(16)9-12/h3-4,9,13H,2,5-8,10H2,1H3. The first kappa shape index (κ1) is 14.2. The van der Waals surface area contributed by atoms with Gasteiger partial charge in [-0.2, -0.15) is 0 Å². The fourth-order valence-corrected chi connectivity index (χ4v) is 3.25. The van der Waals surface area contributed by atoms with E-state index >= 15 is 0 Å². The topological polar surface area (TPSA) is 12.5 Å². The number of hydrogen-bond acceptors (Lipinski definition) is 2. The van der Waals surface area contributed by atoms with Crippen LogP contribution in [0.25, 0.3) is 0 Å². The van der Waals surface area contributed by atoms with E-state index in [-0.39, 0.29) is 0 Å². The lowest BCUT2D eigenvalue weighted by molar-refractivity contribution is 0.0459. The Morgan fingerprint density at radius 3 is 2.67 bits per heavy atom. The number of ether oxygens (including phenoxy) is 1. The number of alkyl halides is 1. The van der Waals surface area contributed by atoms with Crippen LogP contribution < -0.4 is 4.90 Å². The van der Waals surface area contributed by atoms with E-state index in [0.29, 0.717) is 6.10 Å². The van der Waals surface area contributed by atoms with Gasteiger partial charge in [0, 0.05) is 35.7 Å². The molecule has 1 saturated heterocycles. The van der Waals surface area contributed by atoms with Crippen molar-refractivity contribution < 1.29 is 4.74 Å². The van der Waals surface area contributed by atoms with Crippen molar-refractivity contribution in [2.75, 3.05) is 24.6 Å². The highest BCUT2D eigenvalue weighted by Gasteiger charge is 2.19. The lowest BCUT2D eigenvalue weighted by atomic mass is 10.1. The summed E-state index contributed by atoms with van der Waals surface area (Å²) in [5.41, 5.74) is 2.37. The van der Waals surface area contributed by atoms with Gasteiger partial charge in [0.25, 0.3) is 0 Å². The molecule has 0 amide bonds. The van der Waals surface area contributed by atoms with Crippen LogP contribution in [0.4, 0.5) is 5.69 Å². The second kappa shape index (κ2) is 6.78. The number of anilines is 1. The minimum atomic E-state index is 0.434. The van der Waals surface area contributed by atoms with Gasteiger partial charge in [-0.3, -0.25) is 0 Å². The monoisotopic (exact) mass is 331 g/mol. The minimum Gasteiger partial charge on any atom is -0.378 e. The zero-order valence-electron chi connectivity index (χ0n) is 10.7. The van der Waals surface area contributed by atoms with E-state index in [1.165, 1.54) is 5.69 Å². The zero-order valence-corrected chi connectivity index (χ0v) is 13.0. The van der Waals surface area contributed by atoms with Gasteiger partial charge in [0.2, 0.25) is 0 Å². The van der Waals surface area contributed by atoms with Gasteiger partial charge in [-0.15, -0.1) is 0 Å². The summed E-state index contributed by atoms with van der Waals surface area (Å²) in [5.74, 6) is 0. The second-order valence-corrected chi connectivity index (χ2v) is 5.52. The smallest absolute Gasteiger partial charge is 0.0608 e. The molecule has 2 rings (SSSR count). The van der Waals surface area contributed by atoms with Gasteiger partial charge < -0.3 is 9.64 Å². The van der Waals surface area contributed by atoms with Gasteiger partial charge in [0.05, 0.1) is 6.10 Å². The molecule has 18 heavy (non-hydrogen) atoms. The van der Waals surface area contributed by atoms with Gasteiger partial charge in [0.15, 0.2) is 0 Å². The summed E-state index contributed by atoms with van der Waals surface area (Å²) in [6.45, 7) is 4.98. The first-order valence-corrected chi connectivity index (χ1v) is 7.95. The molecule has 0 saturated carbocycles. The molecule has 1 aromatic carbocycles. The van der Waals surface area contributed by atoms with E-state index in [4.69, 9.17) is 16.3 Å². The van der Waals surface area contributed by atoms with E-state index in [1.54, 1.807) is 0 Å². The first-order valence-electron chi connectivity index (χ1n) is 6.45. The van der Waals surface area contributed by atoms with Crippen molar-refractivity contribution in [2.45, 2.75) is 31.2 Å². The summed E-state index contributed by atoms with van der Waals surface area (Å²) in [6, 6.07) is 6.32. The van der Waals surface area contributed by atoms with Crippen LogP contribution in [0.2, 0.25) is 5.02 Å². The summed E-state index contributed by atoms with van der Waals surface area (Å²) in [5, 5.41) is 1.65. The second-order valence-electron chi connectivity index (χ2n) is 4.55. The maximum atomic E-state index is 6.25. The molecule has 4 heteroatoms. The minimum absolute atomic E-state index is 0.434. The lowest BCUT2D eigenvalue weighted by Crippen LogP contribution is -2.37. The number of halogens is 2. The third-order valence-corrected chi connectivity index (χ3v) is 4.35. The molecule has 0 spiro atoms. The van der Waals surface area contributed by atoms with Crippen LogP contribution in [0.5, 0.6) is 0 Å². The molecular formula is C14H19BrClNO. The van der Waals surface area contributed by atoms with Crippen molar-refractivity contribution in [3.05, 3.63) is 28.8 Å². The molecule has 1 aliphatic rings. The normalized spacial score (nSPS) is 17.2. The first-order chi connectivity index (χ1) is 8.74. The third kappa shape index (κ3) is 3.40. The highest BCUT2D eigenvalue weighted by molar-refractivity contribution is 9.08. The summed E-state index contributed by atoms with van der Waals surface area (Å²) < 4.78 is 5.67. The van der Waals surface area contributed by atoms with Gasteiger partial charge in [-0.1, -0.05) is 33.6 Å². The fourth-order valence-electron chi connectivity index (χ4n) is 2.36. The Morgan fingerprint density at radius 2 is 2.11 bits per heavy atom. The summed E-state index contributed by atoms with van der Waals surface area (Å²) in [7, 11) is 0. The van der Waals surface area contributed by atoms with Crippen LogP contribution in [0.3, 0.4) is 0 Å². The van der Waals surface area contributed by atoms with Crippen LogP contribution in [0, 0.1) is 0 Å². The number of nitrogens with zero attached hydrogens (tertiary/aromatic N) is 1. The molecule has 100 valence electrons. The molecule has 0 radical (unpaired) electrons. The molecular weight excluding hydrogens is 314 g/mol. The molecule has 1 aliphatic heterocycles. The highest BCUT2D eigenvalue weighted by Crippen LogP contribution is 2.27. The van der Waals surface area contributed by atoms with Crippen LogP contribution in [-0.2, 0) is 10.1 Å². The Balaban J connectivity index is 1.99. The summed E-state index contributed by atoms with van der Waals surface area (Å²) in [6.07, 6.45) is 2.64. The molecule has 1 heterocycles. The molecule has 2 nitrogen and oxygen atoms in total. The van der Waals surface area contributed by atoms with Crippen LogP contribution in [0.15, 0.2) is 18.2 Å². The van der Waals surface area contributed by atoms with E-state index in [1.807, 2.05) is 0 Å². The Bertz CT molecular complexity index is 391. The predicted molar refractivity (Wildman–Crippen MR) is 80.9 cm³/mol. The highest BCUT2D eigenvalue weighted by atomic mass is 79.9. The van der Waals surface area contributed by atoms with E-state index in [0.717, 1.165) is 48.5 Å². The number of rotatable bonds is 4. The average Bonchev–Trinajstić information content (AvgIpc) is 2.40. The molecule has 0 atom stereocenters. The number of hydrogen-bond donors (Lipinski definition) is 0. The van der Waals surface area contributed by atoms with Crippen molar-refractivity contribution in [1.29, 1.82) is 0 Å². The van der Waals surface area contributed by atoms with Crippen LogP contribution >= 0.6 is 27.5 Å². The Morgan fingerprint density at radius 1 is 1.39 bits per heavy atom. The quantitative estimate of drug-likeness (QED) is 0.765. The Kier molecular flexibility index (Phi) is 5.34. The predicted octanol–water partition coefficient (Wildman–Crippen LogP) is 4.24. The van der Waals surface area contributed by atoms with Gasteiger partial charge >= 0.3 is 0 Å². The lowest BCUT2D eigenvalue weighted by Gasteiger charge is -2.33. The molecule has 1 fully saturated rings. The van der Waals surface area contributed by atoms with Crippen molar-refractivity contribution in [2.24, 2.45) is 0 Å². The van der Waals surface area contributed by atoms with E-state index < -0.39 is 0 Å². The average molecular weight is 333 g/mol. The largest absolute Gasteiger partial charge is 0.378 e. The van der Waals surface area contributed by atoms with Crippen molar-refractivity contribution in [1.82, 2.24) is 0 Å². The summed E-state index contributed by atoms with van der Waals surface area (Å²) >= 11 is 9.69. The maximum absolute atomic E-state index is 6.25. The summed E-state index contributed by atoms with van der Waals surface area (Å²) in [4.78, 5) is 2.39.